The van der Waals surface area contributed by atoms with Crippen LogP contribution in [0.1, 0.15) is 61.7 Å². The van der Waals surface area contributed by atoms with Gasteiger partial charge < -0.3 is 14.7 Å². The van der Waals surface area contributed by atoms with Crippen molar-refractivity contribution < 1.29 is 9.32 Å². The maximum absolute atomic E-state index is 12.3. The lowest BCUT2D eigenvalue weighted by molar-refractivity contribution is 0.0886. The number of carbonyl (C=O) groups is 1. The second-order valence-corrected chi connectivity index (χ2v) is 6.66. The van der Waals surface area contributed by atoms with E-state index in [0.717, 1.165) is 18.7 Å². The molecule has 5 nitrogen and oxygen atoms in total. The summed E-state index contributed by atoms with van der Waals surface area (Å²) in [5, 5.41) is 7.05. The Balaban J connectivity index is 1.98. The summed E-state index contributed by atoms with van der Waals surface area (Å²) in [4.78, 5) is 14.5. The van der Waals surface area contributed by atoms with Gasteiger partial charge in [-0.1, -0.05) is 31.8 Å². The van der Waals surface area contributed by atoms with Gasteiger partial charge >= 0.3 is 0 Å². The molecule has 2 unspecified atom stereocenters. The molecule has 0 saturated heterocycles. The van der Waals surface area contributed by atoms with Crippen molar-refractivity contribution in [2.75, 3.05) is 20.6 Å². The van der Waals surface area contributed by atoms with Crippen LogP contribution in [-0.4, -0.2) is 42.6 Å². The maximum Gasteiger partial charge on any atom is 0.273 e. The molecule has 5 heteroatoms. The van der Waals surface area contributed by atoms with Crippen molar-refractivity contribution in [3.8, 4) is 0 Å². The third-order valence-electron chi connectivity index (χ3n) is 4.16. The van der Waals surface area contributed by atoms with Crippen molar-refractivity contribution in [2.45, 2.75) is 51.5 Å². The van der Waals surface area contributed by atoms with Crippen LogP contribution < -0.4 is 5.32 Å². The van der Waals surface area contributed by atoms with Gasteiger partial charge in [-0.25, -0.2) is 0 Å². The lowest BCUT2D eigenvalue weighted by Crippen LogP contribution is -2.45. The SMILES string of the molecule is CC(C)c1cc(C(=O)NC2CCCCC2CN(C)C)no1. The van der Waals surface area contributed by atoms with Gasteiger partial charge in [0.25, 0.3) is 5.91 Å². The molecule has 2 atom stereocenters. The van der Waals surface area contributed by atoms with Gasteiger partial charge in [-0.15, -0.1) is 0 Å². The summed E-state index contributed by atoms with van der Waals surface area (Å²) >= 11 is 0. The number of aromatic nitrogens is 1. The number of carbonyl (C=O) groups excluding carboxylic acids is 1. The Morgan fingerprint density at radius 3 is 2.76 bits per heavy atom. The number of nitrogens with one attached hydrogen (secondary N) is 1. The highest BCUT2D eigenvalue weighted by molar-refractivity contribution is 5.92. The summed E-state index contributed by atoms with van der Waals surface area (Å²) in [5.74, 6) is 1.42. The topological polar surface area (TPSA) is 58.4 Å². The van der Waals surface area contributed by atoms with Gasteiger partial charge in [-0.05, 0) is 32.9 Å². The Morgan fingerprint density at radius 1 is 1.43 bits per heavy atom. The van der Waals surface area contributed by atoms with E-state index in [1.54, 1.807) is 6.07 Å². The Morgan fingerprint density at radius 2 is 2.14 bits per heavy atom. The zero-order chi connectivity index (χ0) is 15.4. The van der Waals surface area contributed by atoms with Gasteiger partial charge in [0, 0.05) is 24.6 Å². The van der Waals surface area contributed by atoms with E-state index in [1.807, 2.05) is 13.8 Å². The molecule has 0 bridgehead atoms. The van der Waals surface area contributed by atoms with Crippen LogP contribution in [0.4, 0.5) is 0 Å². The van der Waals surface area contributed by atoms with Crippen LogP contribution in [0.5, 0.6) is 0 Å². The smallest absolute Gasteiger partial charge is 0.273 e. The van der Waals surface area contributed by atoms with Gasteiger partial charge in [0.15, 0.2) is 5.69 Å². The van der Waals surface area contributed by atoms with Gasteiger partial charge in [0.2, 0.25) is 0 Å². The predicted molar refractivity (Wildman–Crippen MR) is 82.4 cm³/mol. The van der Waals surface area contributed by atoms with E-state index in [1.165, 1.54) is 19.3 Å². The zero-order valence-corrected chi connectivity index (χ0v) is 13.6. The number of nitrogens with zero attached hydrogens (tertiary/aromatic N) is 2. The predicted octanol–water partition coefficient (Wildman–Crippen LogP) is 2.65. The molecule has 0 spiro atoms. The third-order valence-corrected chi connectivity index (χ3v) is 4.16. The summed E-state index contributed by atoms with van der Waals surface area (Å²) < 4.78 is 5.21. The molecule has 1 aromatic rings. The van der Waals surface area contributed by atoms with Gasteiger partial charge in [-0.3, -0.25) is 4.79 Å². The molecule has 2 rings (SSSR count). The Kier molecular flexibility index (Phi) is 5.39. The molecule has 1 heterocycles. The minimum absolute atomic E-state index is 0.110. The van der Waals surface area contributed by atoms with E-state index in [2.05, 4.69) is 29.5 Å². The van der Waals surface area contributed by atoms with Crippen LogP contribution in [0, 0.1) is 5.92 Å². The minimum atomic E-state index is -0.110. The second-order valence-electron chi connectivity index (χ2n) is 6.66. The fourth-order valence-corrected chi connectivity index (χ4v) is 3.00. The number of hydrogen-bond donors (Lipinski definition) is 1. The molecule has 0 aliphatic heterocycles. The summed E-state index contributed by atoms with van der Waals surface area (Å²) in [6.45, 7) is 5.06. The molecule has 1 N–H and O–H groups in total. The lowest BCUT2D eigenvalue weighted by atomic mass is 9.84. The van der Waals surface area contributed by atoms with E-state index < -0.39 is 0 Å². The molecule has 1 aliphatic rings. The summed E-state index contributed by atoms with van der Waals surface area (Å²) in [7, 11) is 4.17. The highest BCUT2D eigenvalue weighted by Crippen LogP contribution is 2.25. The van der Waals surface area contributed by atoms with Crippen molar-refractivity contribution in [3.05, 3.63) is 17.5 Å². The minimum Gasteiger partial charge on any atom is -0.360 e. The average molecular weight is 293 g/mol. The van der Waals surface area contributed by atoms with Crippen molar-refractivity contribution in [3.63, 3.8) is 0 Å². The summed E-state index contributed by atoms with van der Waals surface area (Å²) in [6, 6.07) is 2.00. The van der Waals surface area contributed by atoms with Crippen LogP contribution in [0.3, 0.4) is 0 Å². The first-order chi connectivity index (χ1) is 9.97. The Labute approximate surface area is 127 Å². The molecule has 1 aliphatic carbocycles. The normalized spacial score (nSPS) is 22.8. The van der Waals surface area contributed by atoms with Crippen molar-refractivity contribution in [1.29, 1.82) is 0 Å². The average Bonchev–Trinajstić information content (AvgIpc) is 2.90. The number of hydrogen-bond acceptors (Lipinski definition) is 4. The number of rotatable bonds is 5. The highest BCUT2D eigenvalue weighted by Gasteiger charge is 2.28. The summed E-state index contributed by atoms with van der Waals surface area (Å²) in [5.41, 5.74) is 0.396. The molecule has 1 fully saturated rings. The maximum atomic E-state index is 12.3. The third kappa shape index (κ3) is 4.30. The van der Waals surface area contributed by atoms with E-state index in [-0.39, 0.29) is 17.9 Å². The molecule has 118 valence electrons. The number of amides is 1. The second kappa shape index (κ2) is 7.07. The van der Waals surface area contributed by atoms with Crippen LogP contribution in [-0.2, 0) is 0 Å². The fraction of sp³-hybridized carbons (Fsp3) is 0.750. The fourth-order valence-electron chi connectivity index (χ4n) is 3.00. The van der Waals surface area contributed by atoms with Gasteiger partial charge in [0.1, 0.15) is 5.76 Å². The Bertz CT molecular complexity index is 468. The molecule has 21 heavy (non-hydrogen) atoms. The van der Waals surface area contributed by atoms with Gasteiger partial charge in [0.05, 0.1) is 0 Å². The van der Waals surface area contributed by atoms with E-state index in [0.29, 0.717) is 11.6 Å². The monoisotopic (exact) mass is 293 g/mol. The first kappa shape index (κ1) is 16.0. The van der Waals surface area contributed by atoms with E-state index in [9.17, 15) is 4.79 Å². The molecule has 1 amide bonds. The van der Waals surface area contributed by atoms with E-state index in [4.69, 9.17) is 4.52 Å². The van der Waals surface area contributed by atoms with Crippen molar-refractivity contribution >= 4 is 5.91 Å². The van der Waals surface area contributed by atoms with Crippen molar-refractivity contribution in [1.82, 2.24) is 15.4 Å². The van der Waals surface area contributed by atoms with E-state index >= 15 is 0 Å². The first-order valence-electron chi connectivity index (χ1n) is 7.89. The highest BCUT2D eigenvalue weighted by atomic mass is 16.5. The molecule has 1 saturated carbocycles. The van der Waals surface area contributed by atoms with Crippen LogP contribution in [0.25, 0.3) is 0 Å². The molecule has 0 radical (unpaired) electrons. The molecule has 0 aromatic carbocycles. The lowest BCUT2D eigenvalue weighted by Gasteiger charge is -2.33. The first-order valence-corrected chi connectivity index (χ1v) is 7.89. The standard InChI is InChI=1S/C16H27N3O2/c1-11(2)15-9-14(18-21-15)16(20)17-13-8-6-5-7-12(13)10-19(3)4/h9,11-13H,5-8,10H2,1-4H3,(H,17,20). The quantitative estimate of drug-likeness (QED) is 0.906. The molecular weight excluding hydrogens is 266 g/mol. The van der Waals surface area contributed by atoms with Crippen LogP contribution in [0.15, 0.2) is 10.6 Å². The zero-order valence-electron chi connectivity index (χ0n) is 13.6. The largest absolute Gasteiger partial charge is 0.360 e. The van der Waals surface area contributed by atoms with Crippen LogP contribution >= 0.6 is 0 Å². The van der Waals surface area contributed by atoms with Gasteiger partial charge in [-0.2, -0.15) is 0 Å². The molecule has 1 aromatic heterocycles. The van der Waals surface area contributed by atoms with Crippen LogP contribution in [0.2, 0.25) is 0 Å². The van der Waals surface area contributed by atoms with Crippen molar-refractivity contribution in [2.24, 2.45) is 5.92 Å². The summed E-state index contributed by atoms with van der Waals surface area (Å²) in [6.07, 6.45) is 4.68. The molecular formula is C16H27N3O2. The Hall–Kier alpha value is -1.36.